The van der Waals surface area contributed by atoms with Crippen molar-refractivity contribution in [2.75, 3.05) is 7.11 Å². The first-order valence-corrected chi connectivity index (χ1v) is 7.86. The lowest BCUT2D eigenvalue weighted by molar-refractivity contribution is 0.277. The number of rotatable bonds is 5. The van der Waals surface area contributed by atoms with E-state index in [2.05, 4.69) is 32.1 Å². The zero-order chi connectivity index (χ0) is 16.9. The first kappa shape index (κ1) is 16.0. The van der Waals surface area contributed by atoms with Crippen LogP contribution in [-0.2, 0) is 6.61 Å². The van der Waals surface area contributed by atoms with E-state index in [1.165, 1.54) is 0 Å². The van der Waals surface area contributed by atoms with Crippen LogP contribution in [-0.4, -0.2) is 21.9 Å². The highest BCUT2D eigenvalue weighted by Crippen LogP contribution is 2.25. The maximum Gasteiger partial charge on any atom is 0.218 e. The van der Waals surface area contributed by atoms with Gasteiger partial charge in [0.05, 0.1) is 24.9 Å². The van der Waals surface area contributed by atoms with Crippen LogP contribution in [0.5, 0.6) is 11.6 Å². The maximum absolute atomic E-state index is 9.00. The predicted octanol–water partition coefficient (Wildman–Crippen LogP) is 3.49. The Labute approximate surface area is 147 Å². The minimum atomic E-state index is 0.320. The van der Waals surface area contributed by atoms with E-state index in [9.17, 15) is 0 Å². The number of methoxy groups -OCH3 is 1. The third-order valence-corrected chi connectivity index (χ3v) is 3.82. The van der Waals surface area contributed by atoms with Crippen molar-refractivity contribution in [3.8, 4) is 23.5 Å². The number of hydrogen-bond donors (Lipinski definition) is 0. The number of benzene rings is 1. The van der Waals surface area contributed by atoms with Crippen molar-refractivity contribution in [3.63, 3.8) is 0 Å². The molecule has 0 radical (unpaired) electrons. The molecule has 120 valence electrons. The van der Waals surface area contributed by atoms with E-state index in [4.69, 9.17) is 14.7 Å². The fraction of sp³-hybridized carbons (Fsp3) is 0.118. The second-order valence-electron chi connectivity index (χ2n) is 4.84. The molecule has 0 N–H and O–H groups in total. The number of hydrogen-bond acceptors (Lipinski definition) is 5. The summed E-state index contributed by atoms with van der Waals surface area (Å²) in [4.78, 5) is 4.23. The van der Waals surface area contributed by atoms with Gasteiger partial charge in [0.15, 0.2) is 5.82 Å². The Hall–Kier alpha value is -2.85. The number of pyridine rings is 1. The molecule has 0 aliphatic heterocycles. The Balaban J connectivity index is 1.83. The standard InChI is InChI=1S/C17H13BrN4O2/c1-23-15-9-14(18)3-2-13(15)11-24-17-5-7-21-22(17)16-8-12(10-19)4-6-20-16/h2-9H,11H2,1H3. The van der Waals surface area contributed by atoms with Gasteiger partial charge in [-0.2, -0.15) is 15.0 Å². The number of ether oxygens (including phenoxy) is 2. The molecule has 6 nitrogen and oxygen atoms in total. The van der Waals surface area contributed by atoms with Crippen molar-refractivity contribution in [2.45, 2.75) is 6.61 Å². The van der Waals surface area contributed by atoms with E-state index in [1.54, 1.807) is 42.4 Å². The van der Waals surface area contributed by atoms with Crippen molar-refractivity contribution < 1.29 is 9.47 Å². The Bertz CT molecular complexity index is 902. The summed E-state index contributed by atoms with van der Waals surface area (Å²) < 4.78 is 13.7. The summed E-state index contributed by atoms with van der Waals surface area (Å²) in [5.74, 6) is 1.79. The lowest BCUT2D eigenvalue weighted by Gasteiger charge is -2.11. The second kappa shape index (κ2) is 7.15. The van der Waals surface area contributed by atoms with Gasteiger partial charge in [0.25, 0.3) is 0 Å². The minimum Gasteiger partial charge on any atom is -0.496 e. The average Bonchev–Trinajstić information content (AvgIpc) is 3.09. The molecule has 0 saturated carbocycles. The summed E-state index contributed by atoms with van der Waals surface area (Å²) in [5, 5.41) is 13.2. The molecule has 3 aromatic rings. The molecule has 0 amide bonds. The lowest BCUT2D eigenvalue weighted by Crippen LogP contribution is -2.05. The van der Waals surface area contributed by atoms with Gasteiger partial charge in [-0.3, -0.25) is 0 Å². The van der Waals surface area contributed by atoms with Crippen LogP contribution in [0.3, 0.4) is 0 Å². The highest BCUT2D eigenvalue weighted by atomic mass is 79.9. The molecular weight excluding hydrogens is 372 g/mol. The predicted molar refractivity (Wildman–Crippen MR) is 91.1 cm³/mol. The SMILES string of the molecule is COc1cc(Br)ccc1COc1ccnn1-c1cc(C#N)ccn1. The molecule has 0 bridgehead atoms. The van der Waals surface area contributed by atoms with Gasteiger partial charge in [0.2, 0.25) is 5.88 Å². The van der Waals surface area contributed by atoms with Crippen molar-refractivity contribution in [1.29, 1.82) is 5.26 Å². The summed E-state index contributed by atoms with van der Waals surface area (Å²) in [6.07, 6.45) is 3.19. The van der Waals surface area contributed by atoms with E-state index in [-0.39, 0.29) is 0 Å². The molecular formula is C17H13BrN4O2. The molecule has 24 heavy (non-hydrogen) atoms. The molecule has 0 saturated heterocycles. The minimum absolute atomic E-state index is 0.320. The highest BCUT2D eigenvalue weighted by molar-refractivity contribution is 9.10. The van der Waals surface area contributed by atoms with Crippen LogP contribution in [0, 0.1) is 11.3 Å². The molecule has 0 unspecified atom stereocenters. The van der Waals surface area contributed by atoms with Gasteiger partial charge >= 0.3 is 0 Å². The highest BCUT2D eigenvalue weighted by Gasteiger charge is 2.10. The number of halogens is 1. The van der Waals surface area contributed by atoms with Gasteiger partial charge in [-0.05, 0) is 18.2 Å². The van der Waals surface area contributed by atoms with Crippen molar-refractivity contribution >= 4 is 15.9 Å². The smallest absolute Gasteiger partial charge is 0.218 e. The number of nitriles is 1. The van der Waals surface area contributed by atoms with Gasteiger partial charge in [-0.25, -0.2) is 4.98 Å². The lowest BCUT2D eigenvalue weighted by atomic mass is 10.2. The Morgan fingerprint density at radius 1 is 1.21 bits per heavy atom. The number of nitrogens with zero attached hydrogens (tertiary/aromatic N) is 4. The third kappa shape index (κ3) is 3.39. The van der Waals surface area contributed by atoms with Gasteiger partial charge in [-0.15, -0.1) is 0 Å². The van der Waals surface area contributed by atoms with Gasteiger partial charge < -0.3 is 9.47 Å². The molecule has 0 spiro atoms. The van der Waals surface area contributed by atoms with E-state index in [1.807, 2.05) is 18.2 Å². The van der Waals surface area contributed by atoms with Crippen LogP contribution in [0.1, 0.15) is 11.1 Å². The maximum atomic E-state index is 9.00. The molecule has 0 aliphatic carbocycles. The van der Waals surface area contributed by atoms with Crippen LogP contribution in [0.25, 0.3) is 5.82 Å². The second-order valence-corrected chi connectivity index (χ2v) is 5.76. The van der Waals surface area contributed by atoms with Crippen molar-refractivity contribution in [3.05, 3.63) is 64.4 Å². The summed E-state index contributed by atoms with van der Waals surface area (Å²) in [6.45, 7) is 0.320. The monoisotopic (exact) mass is 384 g/mol. The van der Waals surface area contributed by atoms with Gasteiger partial charge in [-0.1, -0.05) is 22.0 Å². The summed E-state index contributed by atoms with van der Waals surface area (Å²) in [6, 6.07) is 12.9. The van der Waals surface area contributed by atoms with Crippen LogP contribution >= 0.6 is 15.9 Å². The van der Waals surface area contributed by atoms with E-state index >= 15 is 0 Å². The number of aromatic nitrogens is 3. The zero-order valence-electron chi connectivity index (χ0n) is 12.8. The van der Waals surface area contributed by atoms with E-state index in [0.717, 1.165) is 15.8 Å². The summed E-state index contributed by atoms with van der Waals surface area (Å²) in [5.41, 5.74) is 1.42. The Morgan fingerprint density at radius 2 is 2.08 bits per heavy atom. The molecule has 0 atom stereocenters. The fourth-order valence-corrected chi connectivity index (χ4v) is 2.51. The molecule has 3 rings (SSSR count). The van der Waals surface area contributed by atoms with E-state index in [0.29, 0.717) is 23.9 Å². The normalized spacial score (nSPS) is 10.2. The first-order chi connectivity index (χ1) is 11.7. The van der Waals surface area contributed by atoms with Crippen LogP contribution in [0.2, 0.25) is 0 Å². The molecule has 0 fully saturated rings. The van der Waals surface area contributed by atoms with Gasteiger partial charge in [0, 0.05) is 28.4 Å². The molecule has 2 heterocycles. The average molecular weight is 385 g/mol. The molecule has 0 aliphatic rings. The van der Waals surface area contributed by atoms with Gasteiger partial charge in [0.1, 0.15) is 12.4 Å². The molecule has 1 aromatic carbocycles. The quantitative estimate of drug-likeness (QED) is 0.672. The molecule has 2 aromatic heterocycles. The largest absolute Gasteiger partial charge is 0.496 e. The first-order valence-electron chi connectivity index (χ1n) is 7.07. The summed E-state index contributed by atoms with van der Waals surface area (Å²) >= 11 is 3.41. The Kier molecular flexibility index (Phi) is 4.77. The van der Waals surface area contributed by atoms with Crippen molar-refractivity contribution in [1.82, 2.24) is 14.8 Å². The van der Waals surface area contributed by atoms with Crippen LogP contribution < -0.4 is 9.47 Å². The topological polar surface area (TPSA) is 73.0 Å². The van der Waals surface area contributed by atoms with Crippen LogP contribution in [0.15, 0.2) is 53.3 Å². The molecule has 7 heteroatoms. The fourth-order valence-electron chi connectivity index (χ4n) is 2.17. The summed E-state index contributed by atoms with van der Waals surface area (Å²) in [7, 11) is 1.62. The van der Waals surface area contributed by atoms with Crippen LogP contribution in [0.4, 0.5) is 0 Å². The zero-order valence-corrected chi connectivity index (χ0v) is 14.4. The van der Waals surface area contributed by atoms with E-state index < -0.39 is 0 Å². The van der Waals surface area contributed by atoms with Crippen molar-refractivity contribution in [2.24, 2.45) is 0 Å². The Morgan fingerprint density at radius 3 is 2.88 bits per heavy atom. The third-order valence-electron chi connectivity index (χ3n) is 3.32.